The van der Waals surface area contributed by atoms with Crippen molar-refractivity contribution in [3.63, 3.8) is 0 Å². The zero-order valence-corrected chi connectivity index (χ0v) is 18.6. The summed E-state index contributed by atoms with van der Waals surface area (Å²) in [5, 5.41) is 17.6. The van der Waals surface area contributed by atoms with Crippen LogP contribution in [0.5, 0.6) is 11.6 Å². The third kappa shape index (κ3) is 4.97. The lowest BCUT2D eigenvalue weighted by Gasteiger charge is -2.07. The Hall–Kier alpha value is -5.63. The van der Waals surface area contributed by atoms with Gasteiger partial charge in [0.2, 0.25) is 11.8 Å². The molecule has 0 aliphatic carbocycles. The molecule has 0 spiro atoms. The zero-order chi connectivity index (χ0) is 24.7. The molecule has 0 saturated carbocycles. The summed E-state index contributed by atoms with van der Waals surface area (Å²) in [5.74, 6) is 1.66. The maximum absolute atomic E-state index is 12.3. The summed E-state index contributed by atoms with van der Waals surface area (Å²) < 4.78 is 7.42. The summed E-state index contributed by atoms with van der Waals surface area (Å²) in [7, 11) is 0. The predicted octanol–water partition coefficient (Wildman–Crippen LogP) is 3.52. The number of aromatic nitrogens is 6. The highest BCUT2D eigenvalue weighted by Crippen LogP contribution is 2.21. The van der Waals surface area contributed by atoms with Crippen LogP contribution >= 0.6 is 0 Å². The minimum atomic E-state index is -0.550. The lowest BCUT2D eigenvalue weighted by Crippen LogP contribution is -2.16. The SMILES string of the molecule is N#Cc1c(-c2ccccc2)nc(NN=Cc2ccc(Oc3cc(-n4cccn4)ncn3)cc2)[nH]c1=O. The van der Waals surface area contributed by atoms with Crippen molar-refractivity contribution < 1.29 is 4.74 Å². The van der Waals surface area contributed by atoms with E-state index in [9.17, 15) is 10.1 Å². The molecule has 0 amide bonds. The Bertz CT molecular complexity index is 1600. The number of rotatable bonds is 7. The molecule has 2 aromatic carbocycles. The molecular weight excluding hydrogens is 458 g/mol. The van der Waals surface area contributed by atoms with Crippen molar-refractivity contribution in [3.05, 3.63) is 107 Å². The van der Waals surface area contributed by atoms with Gasteiger partial charge < -0.3 is 4.74 Å². The molecule has 5 rings (SSSR count). The molecule has 0 bridgehead atoms. The van der Waals surface area contributed by atoms with E-state index in [1.165, 1.54) is 6.33 Å². The topological polar surface area (TPSA) is 147 Å². The Morgan fingerprint density at radius 2 is 1.92 bits per heavy atom. The van der Waals surface area contributed by atoms with Crippen molar-refractivity contribution in [2.24, 2.45) is 5.10 Å². The van der Waals surface area contributed by atoms with E-state index < -0.39 is 5.56 Å². The Kier molecular flexibility index (Phi) is 6.22. The minimum absolute atomic E-state index is 0.0632. The normalized spacial score (nSPS) is 10.8. The second-order valence-corrected chi connectivity index (χ2v) is 7.32. The predicted molar refractivity (Wildman–Crippen MR) is 132 cm³/mol. The molecule has 0 aliphatic heterocycles. The van der Waals surface area contributed by atoms with Crippen LogP contribution in [0.2, 0.25) is 0 Å². The molecule has 0 aliphatic rings. The van der Waals surface area contributed by atoms with Gasteiger partial charge in [0.1, 0.15) is 23.7 Å². The summed E-state index contributed by atoms with van der Waals surface area (Å²) in [5.41, 5.74) is 3.80. The second-order valence-electron chi connectivity index (χ2n) is 7.32. The number of aromatic amines is 1. The van der Waals surface area contributed by atoms with Crippen LogP contribution in [0, 0.1) is 11.3 Å². The molecular formula is C25H17N9O2. The first-order valence-electron chi connectivity index (χ1n) is 10.7. The van der Waals surface area contributed by atoms with Crippen LogP contribution in [0.4, 0.5) is 5.95 Å². The van der Waals surface area contributed by atoms with Gasteiger partial charge in [-0.3, -0.25) is 9.78 Å². The second kappa shape index (κ2) is 10.1. The molecule has 36 heavy (non-hydrogen) atoms. The molecule has 0 atom stereocenters. The van der Waals surface area contributed by atoms with Crippen LogP contribution in [0.15, 0.2) is 95.3 Å². The average Bonchev–Trinajstić information content (AvgIpc) is 3.45. The lowest BCUT2D eigenvalue weighted by molar-refractivity contribution is 0.460. The Morgan fingerprint density at radius 1 is 1.08 bits per heavy atom. The first-order valence-corrected chi connectivity index (χ1v) is 10.7. The van der Waals surface area contributed by atoms with Crippen LogP contribution < -0.4 is 15.7 Å². The number of H-pyrrole nitrogens is 1. The first-order chi connectivity index (χ1) is 17.7. The number of hydrazone groups is 1. The summed E-state index contributed by atoms with van der Waals surface area (Å²) in [6.07, 6.45) is 6.41. The smallest absolute Gasteiger partial charge is 0.270 e. The van der Waals surface area contributed by atoms with Crippen molar-refractivity contribution in [1.29, 1.82) is 5.26 Å². The molecule has 174 valence electrons. The molecule has 3 heterocycles. The van der Waals surface area contributed by atoms with E-state index in [1.54, 1.807) is 84.0 Å². The van der Waals surface area contributed by atoms with E-state index in [0.29, 0.717) is 23.0 Å². The van der Waals surface area contributed by atoms with Gasteiger partial charge in [-0.25, -0.2) is 25.1 Å². The van der Waals surface area contributed by atoms with Crippen molar-refractivity contribution in [3.8, 4) is 34.8 Å². The fourth-order valence-corrected chi connectivity index (χ4v) is 3.26. The monoisotopic (exact) mass is 475 g/mol. The van der Waals surface area contributed by atoms with E-state index in [1.807, 2.05) is 12.1 Å². The van der Waals surface area contributed by atoms with Gasteiger partial charge in [0.15, 0.2) is 5.82 Å². The number of benzene rings is 2. The Morgan fingerprint density at radius 3 is 2.67 bits per heavy atom. The number of nitriles is 1. The highest BCUT2D eigenvalue weighted by molar-refractivity contribution is 5.80. The third-order valence-corrected chi connectivity index (χ3v) is 4.93. The average molecular weight is 475 g/mol. The number of nitrogens with one attached hydrogen (secondary N) is 2. The van der Waals surface area contributed by atoms with E-state index >= 15 is 0 Å². The summed E-state index contributed by atoms with van der Waals surface area (Å²) in [6.45, 7) is 0. The first kappa shape index (κ1) is 22.2. The van der Waals surface area contributed by atoms with Gasteiger partial charge in [-0.15, -0.1) is 0 Å². The van der Waals surface area contributed by atoms with Crippen LogP contribution in [0.1, 0.15) is 11.1 Å². The maximum atomic E-state index is 12.3. The maximum Gasteiger partial charge on any atom is 0.270 e. The van der Waals surface area contributed by atoms with Crippen LogP contribution in [0.3, 0.4) is 0 Å². The quantitative estimate of drug-likeness (QED) is 0.268. The fraction of sp³-hybridized carbons (Fsp3) is 0. The van der Waals surface area contributed by atoms with Crippen molar-refractivity contribution >= 4 is 12.2 Å². The molecule has 11 nitrogen and oxygen atoms in total. The molecule has 0 unspecified atom stereocenters. The number of hydrogen-bond acceptors (Lipinski definition) is 9. The van der Waals surface area contributed by atoms with Gasteiger partial charge >= 0.3 is 0 Å². The van der Waals surface area contributed by atoms with E-state index in [2.05, 4.69) is 35.6 Å². The highest BCUT2D eigenvalue weighted by atomic mass is 16.5. The van der Waals surface area contributed by atoms with Gasteiger partial charge in [0.25, 0.3) is 5.56 Å². The number of hydrogen-bond donors (Lipinski definition) is 2. The standard InChI is InChI=1S/C25H17N9O2/c26-14-20-23(18-5-2-1-3-6-18)31-25(32-24(20)35)33-29-15-17-7-9-19(10-8-17)36-22-13-21(27-16-28-22)34-12-4-11-30-34/h1-13,15-16H,(H2,31,32,33,35). The number of anilines is 1. The van der Waals surface area contributed by atoms with Gasteiger partial charge in [0, 0.05) is 24.0 Å². The van der Waals surface area contributed by atoms with Crippen molar-refractivity contribution in [2.45, 2.75) is 0 Å². The van der Waals surface area contributed by atoms with Crippen LogP contribution in [-0.2, 0) is 0 Å². The molecule has 0 fully saturated rings. The van der Waals surface area contributed by atoms with E-state index in [4.69, 9.17) is 4.74 Å². The highest BCUT2D eigenvalue weighted by Gasteiger charge is 2.12. The largest absolute Gasteiger partial charge is 0.439 e. The van der Waals surface area contributed by atoms with E-state index in [0.717, 1.165) is 5.56 Å². The molecule has 3 aromatic heterocycles. The van der Waals surface area contributed by atoms with Gasteiger partial charge in [0.05, 0.1) is 11.9 Å². The van der Waals surface area contributed by atoms with Crippen LogP contribution in [0.25, 0.3) is 17.1 Å². The van der Waals surface area contributed by atoms with Crippen molar-refractivity contribution in [2.75, 3.05) is 5.43 Å². The Labute approximate surface area is 204 Å². The number of ether oxygens (including phenoxy) is 1. The summed E-state index contributed by atoms with van der Waals surface area (Å²) in [6, 6.07) is 21.6. The Balaban J connectivity index is 1.27. The summed E-state index contributed by atoms with van der Waals surface area (Å²) >= 11 is 0. The molecule has 0 radical (unpaired) electrons. The minimum Gasteiger partial charge on any atom is -0.439 e. The molecule has 5 aromatic rings. The van der Waals surface area contributed by atoms with Gasteiger partial charge in [-0.05, 0) is 35.9 Å². The molecule has 0 saturated heterocycles. The zero-order valence-electron chi connectivity index (χ0n) is 18.6. The summed E-state index contributed by atoms with van der Waals surface area (Å²) in [4.78, 5) is 27.5. The third-order valence-electron chi connectivity index (χ3n) is 4.93. The lowest BCUT2D eigenvalue weighted by atomic mass is 10.1. The molecule has 2 N–H and O–H groups in total. The molecule has 11 heteroatoms. The van der Waals surface area contributed by atoms with Gasteiger partial charge in [-0.2, -0.15) is 15.5 Å². The van der Waals surface area contributed by atoms with Gasteiger partial charge in [-0.1, -0.05) is 30.3 Å². The number of nitrogens with zero attached hydrogens (tertiary/aromatic N) is 7. The fourth-order valence-electron chi connectivity index (χ4n) is 3.26. The van der Waals surface area contributed by atoms with Crippen LogP contribution in [-0.4, -0.2) is 35.9 Å². The van der Waals surface area contributed by atoms with Crippen molar-refractivity contribution in [1.82, 2.24) is 29.7 Å². The van der Waals surface area contributed by atoms with E-state index in [-0.39, 0.29) is 17.2 Å².